The number of rotatable bonds is 7. The molecule has 0 saturated carbocycles. The first-order valence-corrected chi connectivity index (χ1v) is 4.36. The van der Waals surface area contributed by atoms with Crippen molar-refractivity contribution in [1.82, 2.24) is 5.32 Å². The summed E-state index contributed by atoms with van der Waals surface area (Å²) in [5, 5.41) is 38.1. The molecule has 7 nitrogen and oxygen atoms in total. The molecule has 3 N–H and O–H groups in total. The smallest absolute Gasteiger partial charge is 0.550 e. The summed E-state index contributed by atoms with van der Waals surface area (Å²) in [4.78, 5) is 19.0. The van der Waals surface area contributed by atoms with Crippen molar-refractivity contribution in [2.75, 3.05) is 26.3 Å². The van der Waals surface area contributed by atoms with Crippen molar-refractivity contribution in [3.8, 4) is 0 Å². The van der Waals surface area contributed by atoms with Crippen LogP contribution in [0, 0.1) is 0 Å². The van der Waals surface area contributed by atoms with E-state index in [2.05, 4.69) is 5.32 Å². The SMILES string of the molecule is O=C([O-])CCC(=O)[O-].OCCNCCO.[Mg+2]. The van der Waals surface area contributed by atoms with Crippen molar-refractivity contribution >= 4 is 35.0 Å². The quantitative estimate of drug-likeness (QED) is 0.304. The number of aliphatic carboxylic acids is 2. The molecule has 0 aromatic heterocycles. The molecule has 0 aromatic carbocycles. The Morgan fingerprint density at radius 3 is 1.44 bits per heavy atom. The summed E-state index contributed by atoms with van der Waals surface area (Å²) in [5.74, 6) is -2.73. The summed E-state index contributed by atoms with van der Waals surface area (Å²) >= 11 is 0. The Labute approximate surface area is 110 Å². The van der Waals surface area contributed by atoms with Crippen LogP contribution in [0.2, 0.25) is 0 Å². The fourth-order valence-corrected chi connectivity index (χ4v) is 0.487. The molecule has 0 amide bonds. The summed E-state index contributed by atoms with van der Waals surface area (Å²) in [6.45, 7) is 1.42. The Morgan fingerprint density at radius 2 is 1.25 bits per heavy atom. The van der Waals surface area contributed by atoms with Crippen molar-refractivity contribution in [3.05, 3.63) is 0 Å². The average molecular weight is 246 g/mol. The zero-order valence-corrected chi connectivity index (χ0v) is 10.4. The Morgan fingerprint density at radius 1 is 0.938 bits per heavy atom. The number of hydrogen-bond acceptors (Lipinski definition) is 7. The molecule has 0 fully saturated rings. The first-order valence-electron chi connectivity index (χ1n) is 4.36. The van der Waals surface area contributed by atoms with Crippen LogP contribution in [0.1, 0.15) is 12.8 Å². The van der Waals surface area contributed by atoms with E-state index in [9.17, 15) is 19.8 Å². The van der Waals surface area contributed by atoms with Gasteiger partial charge >= 0.3 is 23.1 Å². The summed E-state index contributed by atoms with van der Waals surface area (Å²) in [7, 11) is 0. The van der Waals surface area contributed by atoms with Crippen LogP contribution in [0.3, 0.4) is 0 Å². The molecule has 0 aliphatic rings. The second kappa shape index (κ2) is 17.0. The maximum absolute atomic E-state index is 9.50. The number of nitrogens with one attached hydrogen (secondary N) is 1. The molecule has 90 valence electrons. The van der Waals surface area contributed by atoms with E-state index in [1.54, 1.807) is 0 Å². The standard InChI is InChI=1S/C4H11NO2.C4H6O4.Mg/c6-3-1-5-2-4-7;5-3(6)1-2-4(7)8;/h5-7H,1-4H2;1-2H2,(H,5,6)(H,7,8);/q;;+2/p-2. The van der Waals surface area contributed by atoms with Gasteiger partial charge in [-0.05, 0) is 12.8 Å². The van der Waals surface area contributed by atoms with Gasteiger partial charge < -0.3 is 35.3 Å². The van der Waals surface area contributed by atoms with E-state index in [0.29, 0.717) is 13.1 Å². The van der Waals surface area contributed by atoms with Gasteiger partial charge in [0.25, 0.3) is 0 Å². The van der Waals surface area contributed by atoms with Gasteiger partial charge in [0.1, 0.15) is 0 Å². The molecule has 0 atom stereocenters. The topological polar surface area (TPSA) is 133 Å². The maximum atomic E-state index is 9.50. The van der Waals surface area contributed by atoms with Gasteiger partial charge in [0, 0.05) is 25.0 Å². The monoisotopic (exact) mass is 245 g/mol. The Hall–Kier alpha value is -0.414. The number of hydrogen-bond donors (Lipinski definition) is 3. The van der Waals surface area contributed by atoms with Gasteiger partial charge in [-0.15, -0.1) is 0 Å². The van der Waals surface area contributed by atoms with Crippen LogP contribution < -0.4 is 15.5 Å². The van der Waals surface area contributed by atoms with E-state index in [-0.39, 0.29) is 36.3 Å². The van der Waals surface area contributed by atoms with Crippen LogP contribution in [-0.4, -0.2) is 71.5 Å². The molecule has 0 aromatic rings. The normalized spacial score (nSPS) is 8.38. The molecule has 0 rings (SSSR count). The fraction of sp³-hybridized carbons (Fsp3) is 0.750. The van der Waals surface area contributed by atoms with Gasteiger partial charge in [-0.25, -0.2) is 0 Å². The number of carbonyl (C=O) groups excluding carboxylic acids is 2. The third-order valence-corrected chi connectivity index (χ3v) is 1.11. The first-order chi connectivity index (χ1) is 7.04. The van der Waals surface area contributed by atoms with Crippen molar-refractivity contribution < 1.29 is 30.0 Å². The molecule has 0 aliphatic carbocycles. The van der Waals surface area contributed by atoms with Crippen LogP contribution in [0.25, 0.3) is 0 Å². The van der Waals surface area contributed by atoms with Crippen LogP contribution >= 0.6 is 0 Å². The van der Waals surface area contributed by atoms with Gasteiger partial charge in [-0.3, -0.25) is 0 Å². The van der Waals surface area contributed by atoms with Crippen molar-refractivity contribution in [2.24, 2.45) is 0 Å². The second-order valence-electron chi connectivity index (χ2n) is 2.44. The number of aliphatic hydroxyl groups is 2. The molecular weight excluding hydrogens is 230 g/mol. The minimum Gasteiger partial charge on any atom is -0.550 e. The van der Waals surface area contributed by atoms with Gasteiger partial charge in [-0.1, -0.05) is 0 Å². The fourth-order valence-electron chi connectivity index (χ4n) is 0.487. The van der Waals surface area contributed by atoms with Gasteiger partial charge in [0.2, 0.25) is 0 Å². The molecule has 0 radical (unpaired) electrons. The zero-order chi connectivity index (χ0) is 12.1. The molecule has 0 aliphatic heterocycles. The van der Waals surface area contributed by atoms with Crippen LogP contribution in [0.5, 0.6) is 0 Å². The third kappa shape index (κ3) is 29.2. The Balaban J connectivity index is -0.000000200. The van der Waals surface area contributed by atoms with E-state index >= 15 is 0 Å². The molecule has 0 unspecified atom stereocenters. The van der Waals surface area contributed by atoms with Crippen molar-refractivity contribution in [1.29, 1.82) is 0 Å². The summed E-state index contributed by atoms with van der Waals surface area (Å²) < 4.78 is 0. The molecule has 0 saturated heterocycles. The van der Waals surface area contributed by atoms with E-state index in [1.807, 2.05) is 0 Å². The second-order valence-corrected chi connectivity index (χ2v) is 2.44. The molecule has 0 bridgehead atoms. The predicted octanol–water partition coefficient (Wildman–Crippen LogP) is -4.55. The molecular formula is C8H15MgNO6. The summed E-state index contributed by atoms with van der Waals surface area (Å²) in [6, 6.07) is 0. The van der Waals surface area contributed by atoms with Crippen molar-refractivity contribution in [3.63, 3.8) is 0 Å². The van der Waals surface area contributed by atoms with Gasteiger partial charge in [0.05, 0.1) is 13.2 Å². The van der Waals surface area contributed by atoms with Gasteiger partial charge in [0.15, 0.2) is 0 Å². The summed E-state index contributed by atoms with van der Waals surface area (Å²) in [6.07, 6.45) is -0.940. The number of carboxylic acid groups (broad SMARTS) is 2. The van der Waals surface area contributed by atoms with E-state index in [0.717, 1.165) is 0 Å². The third-order valence-electron chi connectivity index (χ3n) is 1.11. The zero-order valence-electron chi connectivity index (χ0n) is 8.98. The number of carboxylic acids is 2. The minimum atomic E-state index is -1.37. The maximum Gasteiger partial charge on any atom is 2.00 e. The largest absolute Gasteiger partial charge is 2.00 e. The van der Waals surface area contributed by atoms with Crippen LogP contribution in [0.15, 0.2) is 0 Å². The minimum absolute atomic E-state index is 0. The molecule has 0 heterocycles. The number of aliphatic hydroxyl groups excluding tert-OH is 2. The predicted molar refractivity (Wildman–Crippen MR) is 52.0 cm³/mol. The van der Waals surface area contributed by atoms with Crippen LogP contribution in [0.4, 0.5) is 0 Å². The first kappa shape index (κ1) is 20.9. The summed E-state index contributed by atoms with van der Waals surface area (Å²) in [5.41, 5.74) is 0. The Bertz CT molecular complexity index is 160. The van der Waals surface area contributed by atoms with Crippen molar-refractivity contribution in [2.45, 2.75) is 12.8 Å². The average Bonchev–Trinajstić information content (AvgIpc) is 2.17. The molecule has 16 heavy (non-hydrogen) atoms. The molecule has 8 heteroatoms. The van der Waals surface area contributed by atoms with E-state index in [4.69, 9.17) is 10.2 Å². The van der Waals surface area contributed by atoms with Crippen LogP contribution in [-0.2, 0) is 9.59 Å². The number of carbonyl (C=O) groups is 2. The Kier molecular flexibility index (Phi) is 22.2. The van der Waals surface area contributed by atoms with E-state index < -0.39 is 24.8 Å². The molecule has 0 spiro atoms. The van der Waals surface area contributed by atoms with E-state index in [1.165, 1.54) is 0 Å². The van der Waals surface area contributed by atoms with Gasteiger partial charge in [-0.2, -0.15) is 0 Å².